The number of piperidine rings is 1. The van der Waals surface area contributed by atoms with Crippen molar-refractivity contribution in [1.82, 2.24) is 4.90 Å². The first kappa shape index (κ1) is 22.2. The van der Waals surface area contributed by atoms with Gasteiger partial charge in [0.15, 0.2) is 0 Å². The monoisotopic (exact) mass is 363 g/mol. The topological polar surface area (TPSA) is 66.8 Å². The molecule has 0 aromatic heterocycles. The lowest BCUT2D eigenvalue weighted by atomic mass is 10.00. The van der Waals surface area contributed by atoms with Crippen LogP contribution < -0.4 is 0 Å². The Kier molecular flexibility index (Phi) is 11.5. The quantitative estimate of drug-likeness (QED) is 0.280. The van der Waals surface area contributed by atoms with Crippen molar-refractivity contribution < 1.29 is 19.4 Å². The molecule has 1 amide bonds. The average Bonchev–Trinajstić information content (AvgIpc) is 2.64. The van der Waals surface area contributed by atoms with Crippen LogP contribution in [0.2, 0.25) is 0 Å². The highest BCUT2D eigenvalue weighted by molar-refractivity contribution is 5.78. The molecule has 0 saturated carbocycles. The third-order valence-electron chi connectivity index (χ3n) is 4.55. The van der Waals surface area contributed by atoms with E-state index in [-0.39, 0.29) is 17.9 Å². The smallest absolute Gasteiger partial charge is 0.305 e. The van der Waals surface area contributed by atoms with Gasteiger partial charge in [-0.25, -0.2) is 0 Å². The Bertz CT molecular complexity index is 518. The summed E-state index contributed by atoms with van der Waals surface area (Å²) in [5, 5.41) is 10.0. The molecule has 1 aliphatic heterocycles. The predicted octanol–water partition coefficient (Wildman–Crippen LogP) is 3.21. The lowest BCUT2D eigenvalue weighted by Crippen LogP contribution is -2.42. The van der Waals surface area contributed by atoms with Crippen molar-refractivity contribution in [2.24, 2.45) is 0 Å². The molecule has 0 bridgehead atoms. The summed E-state index contributed by atoms with van der Waals surface area (Å²) in [6, 6.07) is 0.0152. The van der Waals surface area contributed by atoms with Gasteiger partial charge >= 0.3 is 5.97 Å². The summed E-state index contributed by atoms with van der Waals surface area (Å²) in [7, 11) is 1.38. The van der Waals surface area contributed by atoms with Gasteiger partial charge in [-0.2, -0.15) is 0 Å². The van der Waals surface area contributed by atoms with E-state index in [1.54, 1.807) is 4.90 Å². The average molecular weight is 363 g/mol. The highest BCUT2D eigenvalue weighted by Gasteiger charge is 2.25. The summed E-state index contributed by atoms with van der Waals surface area (Å²) >= 11 is 0. The Labute approximate surface area is 157 Å². The van der Waals surface area contributed by atoms with Gasteiger partial charge in [0.1, 0.15) is 0 Å². The van der Waals surface area contributed by atoms with E-state index >= 15 is 0 Å². The Morgan fingerprint density at radius 2 is 2.19 bits per heavy atom. The molecule has 1 heterocycles. The van der Waals surface area contributed by atoms with Crippen LogP contribution in [0.4, 0.5) is 0 Å². The number of likely N-dealkylation sites (tertiary alicyclic amines) is 1. The molecule has 1 fully saturated rings. The van der Waals surface area contributed by atoms with E-state index in [1.165, 1.54) is 7.11 Å². The van der Waals surface area contributed by atoms with Gasteiger partial charge < -0.3 is 14.7 Å². The molecule has 1 N–H and O–H groups in total. The first-order chi connectivity index (χ1) is 12.6. The van der Waals surface area contributed by atoms with E-state index < -0.39 is 6.10 Å². The lowest BCUT2D eigenvalue weighted by Gasteiger charge is -2.32. The molecule has 146 valence electrons. The zero-order valence-electron chi connectivity index (χ0n) is 16.2. The van der Waals surface area contributed by atoms with E-state index in [2.05, 4.69) is 23.5 Å². The number of hydrogen-bond acceptors (Lipinski definition) is 4. The van der Waals surface area contributed by atoms with E-state index in [4.69, 9.17) is 0 Å². The number of aliphatic hydroxyl groups excluding tert-OH is 1. The maximum Gasteiger partial charge on any atom is 0.305 e. The zero-order chi connectivity index (χ0) is 19.2. The first-order valence-corrected chi connectivity index (χ1v) is 9.76. The second-order valence-electron chi connectivity index (χ2n) is 6.71. The number of unbranched alkanes of at least 4 members (excludes halogenated alkanes) is 3. The van der Waals surface area contributed by atoms with Crippen LogP contribution in [0.25, 0.3) is 0 Å². The Morgan fingerprint density at radius 3 is 2.92 bits per heavy atom. The highest BCUT2D eigenvalue weighted by atomic mass is 16.5. The van der Waals surface area contributed by atoms with Crippen molar-refractivity contribution >= 4 is 11.9 Å². The number of hydrogen-bond donors (Lipinski definition) is 1. The number of nitrogens with zero attached hydrogens (tertiary/aromatic N) is 1. The van der Waals surface area contributed by atoms with Crippen LogP contribution in [0.15, 0.2) is 12.2 Å². The minimum absolute atomic E-state index is 0.0152. The molecule has 0 radical (unpaired) electrons. The lowest BCUT2D eigenvalue weighted by molar-refractivity contribution is -0.140. The molecule has 1 aliphatic rings. The maximum absolute atomic E-state index is 12.2. The van der Waals surface area contributed by atoms with Crippen molar-refractivity contribution in [2.45, 2.75) is 83.3 Å². The maximum atomic E-state index is 12.2. The number of carbonyl (C=O) groups is 2. The van der Waals surface area contributed by atoms with Gasteiger partial charge in [-0.1, -0.05) is 44.3 Å². The van der Waals surface area contributed by atoms with E-state index in [0.717, 1.165) is 38.5 Å². The van der Waals surface area contributed by atoms with Crippen molar-refractivity contribution in [3.63, 3.8) is 0 Å². The molecule has 0 aliphatic carbocycles. The fraction of sp³-hybridized carbons (Fsp3) is 0.714. The SMILES string of the molecule is CCCCCC(O)C=C[C@H]1CCCC(=O)N1CC#CCCCC(=O)OC. The van der Waals surface area contributed by atoms with Crippen molar-refractivity contribution in [2.75, 3.05) is 13.7 Å². The number of methoxy groups -OCH3 is 1. The molecule has 1 unspecified atom stereocenters. The standard InChI is InChI=1S/C21H33NO4/c1-3-4-7-12-19(23)16-15-18-11-10-13-20(24)22(18)17-9-6-5-8-14-21(25)26-2/h15-16,18-19,23H,3-5,7-8,10-14,17H2,1-2H3/t18-,19?/m1/s1. The molecule has 0 spiro atoms. The van der Waals surface area contributed by atoms with Gasteiger partial charge in [0.25, 0.3) is 0 Å². The molecule has 1 saturated heterocycles. The number of ether oxygens (including phenoxy) is 1. The molecule has 0 aromatic carbocycles. The minimum Gasteiger partial charge on any atom is -0.469 e. The summed E-state index contributed by atoms with van der Waals surface area (Å²) in [4.78, 5) is 25.0. The fourth-order valence-electron chi connectivity index (χ4n) is 2.96. The number of aliphatic hydroxyl groups is 1. The van der Waals surface area contributed by atoms with E-state index in [9.17, 15) is 14.7 Å². The Balaban J connectivity index is 2.46. The Hall–Kier alpha value is -1.80. The fourth-order valence-corrected chi connectivity index (χ4v) is 2.96. The molecular formula is C21H33NO4. The van der Waals surface area contributed by atoms with E-state index in [0.29, 0.717) is 32.2 Å². The molecule has 5 heteroatoms. The molecule has 0 aromatic rings. The highest BCUT2D eigenvalue weighted by Crippen LogP contribution is 2.19. The first-order valence-electron chi connectivity index (χ1n) is 9.76. The summed E-state index contributed by atoms with van der Waals surface area (Å²) in [6.45, 7) is 2.54. The van der Waals surface area contributed by atoms with Crippen LogP contribution in [0.5, 0.6) is 0 Å². The normalized spacial score (nSPS) is 18.5. The molecular weight excluding hydrogens is 330 g/mol. The second kappa shape index (κ2) is 13.4. The third kappa shape index (κ3) is 9.05. The summed E-state index contributed by atoms with van der Waals surface area (Å²) in [5.74, 6) is 5.97. The molecule has 26 heavy (non-hydrogen) atoms. The van der Waals surface area contributed by atoms with Gasteiger partial charge in [0, 0.05) is 19.3 Å². The van der Waals surface area contributed by atoms with Gasteiger partial charge in [-0.15, -0.1) is 5.92 Å². The second-order valence-corrected chi connectivity index (χ2v) is 6.71. The third-order valence-corrected chi connectivity index (χ3v) is 4.55. The summed E-state index contributed by atoms with van der Waals surface area (Å²) < 4.78 is 4.59. The van der Waals surface area contributed by atoms with Crippen molar-refractivity contribution in [3.8, 4) is 11.8 Å². The number of amides is 1. The van der Waals surface area contributed by atoms with Crippen LogP contribution in [-0.2, 0) is 14.3 Å². The van der Waals surface area contributed by atoms with Gasteiger partial charge in [-0.3, -0.25) is 9.59 Å². The molecule has 1 rings (SSSR count). The Morgan fingerprint density at radius 1 is 1.38 bits per heavy atom. The zero-order valence-corrected chi connectivity index (χ0v) is 16.2. The summed E-state index contributed by atoms with van der Waals surface area (Å²) in [5.41, 5.74) is 0. The summed E-state index contributed by atoms with van der Waals surface area (Å²) in [6.07, 6.45) is 11.4. The van der Waals surface area contributed by atoms with Gasteiger partial charge in [0.05, 0.1) is 25.8 Å². The van der Waals surface area contributed by atoms with E-state index in [1.807, 2.05) is 12.2 Å². The largest absolute Gasteiger partial charge is 0.469 e. The molecule has 2 atom stereocenters. The van der Waals surface area contributed by atoms with Crippen LogP contribution in [0.1, 0.15) is 71.1 Å². The predicted molar refractivity (Wildman–Crippen MR) is 102 cm³/mol. The number of esters is 1. The van der Waals surface area contributed by atoms with Crippen molar-refractivity contribution in [1.29, 1.82) is 0 Å². The minimum atomic E-state index is -0.440. The van der Waals surface area contributed by atoms with Crippen LogP contribution in [0.3, 0.4) is 0 Å². The van der Waals surface area contributed by atoms with Crippen molar-refractivity contribution in [3.05, 3.63) is 12.2 Å². The van der Waals surface area contributed by atoms with Gasteiger partial charge in [0.2, 0.25) is 5.91 Å². The van der Waals surface area contributed by atoms with Crippen LogP contribution >= 0.6 is 0 Å². The number of carbonyl (C=O) groups excluding carboxylic acids is 2. The van der Waals surface area contributed by atoms with Crippen LogP contribution in [0, 0.1) is 11.8 Å². The number of rotatable bonds is 10. The van der Waals surface area contributed by atoms with Crippen LogP contribution in [-0.4, -0.2) is 47.7 Å². The molecule has 5 nitrogen and oxygen atoms in total. The van der Waals surface area contributed by atoms with Gasteiger partial charge in [-0.05, 0) is 25.7 Å².